The van der Waals surface area contributed by atoms with Gasteiger partial charge in [0.15, 0.2) is 6.61 Å². The van der Waals surface area contributed by atoms with Crippen LogP contribution in [0.4, 0.5) is 0 Å². The van der Waals surface area contributed by atoms with E-state index in [9.17, 15) is 9.59 Å². The van der Waals surface area contributed by atoms with Crippen molar-refractivity contribution in [1.82, 2.24) is 9.80 Å². The molecule has 0 radical (unpaired) electrons. The van der Waals surface area contributed by atoms with Gasteiger partial charge in [0.1, 0.15) is 5.75 Å². The molecule has 28 heavy (non-hydrogen) atoms. The van der Waals surface area contributed by atoms with Crippen LogP contribution in [-0.4, -0.2) is 54.4 Å². The second-order valence-corrected chi connectivity index (χ2v) is 7.14. The van der Waals surface area contributed by atoms with Gasteiger partial charge in [-0.1, -0.05) is 42.8 Å². The van der Waals surface area contributed by atoms with Gasteiger partial charge < -0.3 is 14.5 Å². The van der Waals surface area contributed by atoms with Gasteiger partial charge >= 0.3 is 0 Å². The molecule has 0 spiro atoms. The van der Waals surface area contributed by atoms with Gasteiger partial charge in [-0.2, -0.15) is 0 Å². The molecule has 0 unspecified atom stereocenters. The van der Waals surface area contributed by atoms with E-state index in [0.29, 0.717) is 31.7 Å². The van der Waals surface area contributed by atoms with Crippen LogP contribution < -0.4 is 4.74 Å². The number of benzene rings is 2. The number of amides is 2. The Labute approximate surface area is 166 Å². The van der Waals surface area contributed by atoms with E-state index in [1.807, 2.05) is 60.4 Å². The Kier molecular flexibility index (Phi) is 6.69. The lowest BCUT2D eigenvalue weighted by atomic mass is 10.1. The normalized spacial score (nSPS) is 14.5. The molecule has 1 fully saturated rings. The highest BCUT2D eigenvalue weighted by Crippen LogP contribution is 2.18. The molecule has 2 aromatic rings. The highest BCUT2D eigenvalue weighted by atomic mass is 16.5. The first kappa shape index (κ1) is 19.9. The third kappa shape index (κ3) is 4.91. The van der Waals surface area contributed by atoms with E-state index in [0.717, 1.165) is 29.7 Å². The van der Waals surface area contributed by atoms with Crippen LogP contribution in [0.25, 0.3) is 0 Å². The van der Waals surface area contributed by atoms with Crippen molar-refractivity contribution >= 4 is 11.8 Å². The fraction of sp³-hybridized carbons (Fsp3) is 0.391. The van der Waals surface area contributed by atoms with Gasteiger partial charge in [-0.25, -0.2) is 0 Å². The zero-order chi connectivity index (χ0) is 19.9. The summed E-state index contributed by atoms with van der Waals surface area (Å²) in [6, 6.07) is 15.4. The Balaban J connectivity index is 1.55. The monoisotopic (exact) mass is 380 g/mol. The Morgan fingerprint density at radius 3 is 2.36 bits per heavy atom. The van der Waals surface area contributed by atoms with Crippen molar-refractivity contribution in [1.29, 1.82) is 0 Å². The molecule has 0 aromatic heterocycles. The first-order valence-corrected chi connectivity index (χ1v) is 9.93. The molecule has 1 aliphatic rings. The minimum Gasteiger partial charge on any atom is -0.483 e. The van der Waals surface area contributed by atoms with Crippen LogP contribution in [-0.2, 0) is 11.2 Å². The topological polar surface area (TPSA) is 49.9 Å². The summed E-state index contributed by atoms with van der Waals surface area (Å²) in [6.07, 6.45) is 1.64. The second-order valence-electron chi connectivity index (χ2n) is 7.14. The van der Waals surface area contributed by atoms with E-state index in [1.54, 1.807) is 4.90 Å². The quantitative estimate of drug-likeness (QED) is 0.800. The maximum absolute atomic E-state index is 12.7. The number of carbonyl (C=O) groups excluding carboxylic acids is 2. The molecule has 0 aliphatic carbocycles. The number of aryl methyl sites for hydroxylation is 2. The summed E-state index contributed by atoms with van der Waals surface area (Å²) >= 11 is 0. The summed E-state index contributed by atoms with van der Waals surface area (Å²) in [6.45, 7) is 6.50. The number of nitrogens with zero attached hydrogens (tertiary/aromatic N) is 2. The average Bonchev–Trinajstić information content (AvgIpc) is 2.98. The molecule has 2 aromatic carbocycles. The second kappa shape index (κ2) is 9.40. The third-order valence-electron chi connectivity index (χ3n) is 5.14. The lowest BCUT2D eigenvalue weighted by Gasteiger charge is -2.22. The first-order chi connectivity index (χ1) is 13.6. The molecular formula is C23H28N2O3. The number of rotatable bonds is 5. The predicted molar refractivity (Wildman–Crippen MR) is 110 cm³/mol. The van der Waals surface area contributed by atoms with Crippen LogP contribution in [0.5, 0.6) is 5.75 Å². The number of hydrogen-bond acceptors (Lipinski definition) is 3. The van der Waals surface area contributed by atoms with Crippen molar-refractivity contribution < 1.29 is 14.3 Å². The van der Waals surface area contributed by atoms with Crippen LogP contribution in [0.15, 0.2) is 48.5 Å². The fourth-order valence-corrected chi connectivity index (χ4v) is 3.42. The summed E-state index contributed by atoms with van der Waals surface area (Å²) < 4.78 is 5.77. The van der Waals surface area contributed by atoms with Crippen LogP contribution in [0.2, 0.25) is 0 Å². The molecule has 1 aliphatic heterocycles. The summed E-state index contributed by atoms with van der Waals surface area (Å²) in [5.41, 5.74) is 2.93. The van der Waals surface area contributed by atoms with Crippen molar-refractivity contribution in [3.63, 3.8) is 0 Å². The average molecular weight is 380 g/mol. The van der Waals surface area contributed by atoms with Crippen molar-refractivity contribution in [2.75, 3.05) is 32.8 Å². The van der Waals surface area contributed by atoms with Gasteiger partial charge in [0.25, 0.3) is 11.8 Å². The molecule has 0 saturated carbocycles. The molecule has 5 nitrogen and oxygen atoms in total. The van der Waals surface area contributed by atoms with Crippen molar-refractivity contribution in [2.45, 2.75) is 26.7 Å². The van der Waals surface area contributed by atoms with Crippen LogP contribution in [0, 0.1) is 6.92 Å². The van der Waals surface area contributed by atoms with Crippen molar-refractivity contribution in [3.8, 4) is 5.75 Å². The van der Waals surface area contributed by atoms with E-state index in [4.69, 9.17) is 4.74 Å². The lowest BCUT2D eigenvalue weighted by Crippen LogP contribution is -2.39. The largest absolute Gasteiger partial charge is 0.483 e. The van der Waals surface area contributed by atoms with Gasteiger partial charge in [0, 0.05) is 31.7 Å². The summed E-state index contributed by atoms with van der Waals surface area (Å²) in [5, 5.41) is 0. The van der Waals surface area contributed by atoms with Crippen LogP contribution >= 0.6 is 0 Å². The summed E-state index contributed by atoms with van der Waals surface area (Å²) in [7, 11) is 0. The SMILES string of the molecule is CCc1ccccc1OCC(=O)N1CCCN(C(=O)c2ccc(C)cc2)CC1. The molecule has 2 amide bonds. The zero-order valence-electron chi connectivity index (χ0n) is 16.7. The maximum Gasteiger partial charge on any atom is 0.260 e. The Bertz CT molecular complexity index is 817. The van der Waals surface area contributed by atoms with Gasteiger partial charge in [0.2, 0.25) is 0 Å². The van der Waals surface area contributed by atoms with Gasteiger partial charge in [-0.15, -0.1) is 0 Å². The Morgan fingerprint density at radius 1 is 0.929 bits per heavy atom. The zero-order valence-corrected chi connectivity index (χ0v) is 16.7. The van der Waals surface area contributed by atoms with E-state index in [1.165, 1.54) is 0 Å². The Morgan fingerprint density at radius 2 is 1.61 bits per heavy atom. The number of ether oxygens (including phenoxy) is 1. The van der Waals surface area contributed by atoms with Crippen molar-refractivity contribution in [3.05, 3.63) is 65.2 Å². The molecular weight excluding hydrogens is 352 g/mol. The predicted octanol–water partition coefficient (Wildman–Crippen LogP) is 3.31. The number of carbonyl (C=O) groups is 2. The standard InChI is InChI=1S/C23H28N2O3/c1-3-19-7-4-5-8-21(19)28-17-22(26)24-13-6-14-25(16-15-24)23(27)20-11-9-18(2)10-12-20/h4-5,7-12H,3,6,13-17H2,1-2H3. The molecule has 148 valence electrons. The number of para-hydroxylation sites is 1. The summed E-state index contributed by atoms with van der Waals surface area (Å²) in [5.74, 6) is 0.766. The Hall–Kier alpha value is -2.82. The minimum absolute atomic E-state index is 0.0300. The van der Waals surface area contributed by atoms with E-state index >= 15 is 0 Å². The first-order valence-electron chi connectivity index (χ1n) is 9.93. The van der Waals surface area contributed by atoms with E-state index < -0.39 is 0 Å². The van der Waals surface area contributed by atoms with E-state index in [-0.39, 0.29) is 18.4 Å². The molecule has 1 heterocycles. The molecule has 0 atom stereocenters. The van der Waals surface area contributed by atoms with Gasteiger partial charge in [-0.05, 0) is 43.5 Å². The van der Waals surface area contributed by atoms with Crippen LogP contribution in [0.3, 0.4) is 0 Å². The van der Waals surface area contributed by atoms with Crippen LogP contribution in [0.1, 0.15) is 34.8 Å². The molecule has 5 heteroatoms. The van der Waals surface area contributed by atoms with Crippen molar-refractivity contribution in [2.24, 2.45) is 0 Å². The highest BCUT2D eigenvalue weighted by molar-refractivity contribution is 5.94. The third-order valence-corrected chi connectivity index (χ3v) is 5.14. The maximum atomic E-state index is 12.7. The molecule has 3 rings (SSSR count). The molecule has 0 N–H and O–H groups in total. The molecule has 1 saturated heterocycles. The van der Waals surface area contributed by atoms with Gasteiger partial charge in [0.05, 0.1) is 0 Å². The van der Waals surface area contributed by atoms with Gasteiger partial charge in [-0.3, -0.25) is 9.59 Å². The fourth-order valence-electron chi connectivity index (χ4n) is 3.42. The minimum atomic E-state index is -0.0319. The smallest absolute Gasteiger partial charge is 0.260 e. The van der Waals surface area contributed by atoms with E-state index in [2.05, 4.69) is 6.92 Å². The summed E-state index contributed by atoms with van der Waals surface area (Å²) in [4.78, 5) is 29.0. The number of hydrogen-bond donors (Lipinski definition) is 0. The molecule has 0 bridgehead atoms. The lowest BCUT2D eigenvalue weighted by molar-refractivity contribution is -0.133. The highest BCUT2D eigenvalue weighted by Gasteiger charge is 2.23.